The third-order valence-corrected chi connectivity index (χ3v) is 8.06. The Kier molecular flexibility index (Phi) is 7.28. The first-order valence-electron chi connectivity index (χ1n) is 12.9. The van der Waals surface area contributed by atoms with Crippen LogP contribution in [-0.4, -0.2) is 45.5 Å². The van der Waals surface area contributed by atoms with Crippen molar-refractivity contribution in [2.75, 3.05) is 18.4 Å². The standard InChI is InChI=1S/C30H26F2IN7/c31-24-2-1-3-25(32)26(24)28-23-12-17(13-33)4-9-22(23)27-19(14-36-28)15-37-30(39-27)38-21-7-5-18(6-8-21)29(35)40-11-10-20(34)16-40/h1-9,12,15,20,35H,10-11,13-14,16,34H2,(H,37,38,39). The summed E-state index contributed by atoms with van der Waals surface area (Å²) in [7, 11) is 0. The minimum Gasteiger partial charge on any atom is -0.355 e. The van der Waals surface area contributed by atoms with Crippen molar-refractivity contribution in [3.63, 3.8) is 0 Å². The molecule has 3 aromatic carbocycles. The molecule has 0 amide bonds. The maximum absolute atomic E-state index is 14.9. The van der Waals surface area contributed by atoms with Crippen molar-refractivity contribution in [2.24, 2.45) is 10.7 Å². The van der Waals surface area contributed by atoms with Gasteiger partial charge in [0.1, 0.15) is 17.5 Å². The lowest BCUT2D eigenvalue weighted by Crippen LogP contribution is -2.31. The molecule has 40 heavy (non-hydrogen) atoms. The molecule has 2 aliphatic rings. The first-order chi connectivity index (χ1) is 19.4. The molecule has 7 nitrogen and oxygen atoms in total. The maximum atomic E-state index is 14.9. The van der Waals surface area contributed by atoms with E-state index in [2.05, 4.69) is 37.9 Å². The van der Waals surface area contributed by atoms with Crippen LogP contribution >= 0.6 is 22.6 Å². The number of likely N-dealkylation sites (tertiary alicyclic amines) is 1. The molecule has 0 bridgehead atoms. The van der Waals surface area contributed by atoms with Gasteiger partial charge >= 0.3 is 0 Å². The predicted molar refractivity (Wildman–Crippen MR) is 162 cm³/mol. The van der Waals surface area contributed by atoms with Gasteiger partial charge in [0, 0.05) is 57.7 Å². The Morgan fingerprint density at radius 3 is 2.55 bits per heavy atom. The van der Waals surface area contributed by atoms with Gasteiger partial charge in [-0.3, -0.25) is 10.4 Å². The van der Waals surface area contributed by atoms with Gasteiger partial charge in [0.2, 0.25) is 5.95 Å². The first-order valence-corrected chi connectivity index (χ1v) is 14.4. The highest BCUT2D eigenvalue weighted by atomic mass is 127. The summed E-state index contributed by atoms with van der Waals surface area (Å²) in [6.45, 7) is 1.67. The highest BCUT2D eigenvalue weighted by Gasteiger charge is 2.25. The number of hydrogen-bond donors (Lipinski definition) is 3. The molecule has 0 spiro atoms. The van der Waals surface area contributed by atoms with E-state index < -0.39 is 11.6 Å². The van der Waals surface area contributed by atoms with Crippen LogP contribution in [0.1, 0.15) is 34.2 Å². The Bertz CT molecular complexity index is 1620. The van der Waals surface area contributed by atoms with Crippen LogP contribution in [0.3, 0.4) is 0 Å². The molecule has 1 fully saturated rings. The zero-order valence-electron chi connectivity index (χ0n) is 21.5. The summed E-state index contributed by atoms with van der Waals surface area (Å²) in [6.07, 6.45) is 2.59. The second kappa shape index (κ2) is 11.0. The molecule has 1 aromatic heterocycles. The topological polar surface area (TPSA) is 103 Å². The first kappa shape index (κ1) is 26.5. The Hall–Kier alpha value is -3.77. The van der Waals surface area contributed by atoms with Gasteiger partial charge < -0.3 is 16.0 Å². The average Bonchev–Trinajstić information content (AvgIpc) is 3.34. The van der Waals surface area contributed by atoms with Gasteiger partial charge in [0.05, 0.1) is 23.5 Å². The fraction of sp³-hybridized carbons (Fsp3) is 0.200. The number of rotatable bonds is 5. The number of nitrogens with one attached hydrogen (secondary N) is 2. The molecule has 0 aliphatic carbocycles. The number of aromatic nitrogens is 2. The average molecular weight is 649 g/mol. The number of anilines is 2. The van der Waals surface area contributed by atoms with E-state index in [1.54, 1.807) is 6.20 Å². The van der Waals surface area contributed by atoms with Gasteiger partial charge in [0.25, 0.3) is 0 Å². The van der Waals surface area contributed by atoms with Gasteiger partial charge in [-0.2, -0.15) is 0 Å². The van der Waals surface area contributed by atoms with Gasteiger partial charge in [-0.25, -0.2) is 18.7 Å². The molecule has 3 heterocycles. The quantitative estimate of drug-likeness (QED) is 0.110. The van der Waals surface area contributed by atoms with E-state index in [1.807, 2.05) is 47.4 Å². The van der Waals surface area contributed by atoms with Crippen molar-refractivity contribution in [3.8, 4) is 11.3 Å². The second-order valence-electron chi connectivity index (χ2n) is 9.89. The summed E-state index contributed by atoms with van der Waals surface area (Å²) < 4.78 is 30.5. The van der Waals surface area contributed by atoms with Crippen LogP contribution in [0.4, 0.5) is 20.4 Å². The predicted octanol–water partition coefficient (Wildman–Crippen LogP) is 5.81. The number of nitrogens with zero attached hydrogens (tertiary/aromatic N) is 4. The van der Waals surface area contributed by atoms with E-state index in [0.717, 1.165) is 45.3 Å². The lowest BCUT2D eigenvalue weighted by atomic mass is 9.93. The second-order valence-corrected chi connectivity index (χ2v) is 10.7. The summed E-state index contributed by atoms with van der Waals surface area (Å²) in [4.78, 5) is 16.0. The molecule has 6 rings (SSSR count). The van der Waals surface area contributed by atoms with E-state index in [-0.39, 0.29) is 23.9 Å². The zero-order chi connectivity index (χ0) is 27.8. The zero-order valence-corrected chi connectivity index (χ0v) is 23.6. The Labute approximate surface area is 244 Å². The number of hydrogen-bond acceptors (Lipinski definition) is 6. The van der Waals surface area contributed by atoms with Crippen molar-refractivity contribution in [1.29, 1.82) is 5.41 Å². The minimum atomic E-state index is -0.659. The van der Waals surface area contributed by atoms with Crippen LogP contribution < -0.4 is 11.1 Å². The highest BCUT2D eigenvalue weighted by molar-refractivity contribution is 14.1. The normalized spacial score (nSPS) is 16.1. The summed E-state index contributed by atoms with van der Waals surface area (Å²) in [5.41, 5.74) is 11.5. The molecular formula is C30H26F2IN7. The van der Waals surface area contributed by atoms with Crippen LogP contribution in [0.15, 0.2) is 71.9 Å². The molecule has 10 heteroatoms. The molecule has 2 aliphatic heterocycles. The lowest BCUT2D eigenvalue weighted by Gasteiger charge is -2.19. The largest absolute Gasteiger partial charge is 0.355 e. The number of fused-ring (bicyclic) bond motifs is 3. The van der Waals surface area contributed by atoms with Crippen LogP contribution in [0.5, 0.6) is 0 Å². The monoisotopic (exact) mass is 649 g/mol. The molecular weight excluding hydrogens is 623 g/mol. The van der Waals surface area contributed by atoms with E-state index in [4.69, 9.17) is 16.1 Å². The van der Waals surface area contributed by atoms with Gasteiger partial charge in [-0.15, -0.1) is 0 Å². The van der Waals surface area contributed by atoms with E-state index in [9.17, 15) is 8.78 Å². The Morgan fingerprint density at radius 1 is 1.07 bits per heavy atom. The third-order valence-electron chi connectivity index (χ3n) is 7.18. The van der Waals surface area contributed by atoms with Crippen LogP contribution in [0.25, 0.3) is 11.3 Å². The van der Waals surface area contributed by atoms with Crippen molar-refractivity contribution in [2.45, 2.75) is 23.4 Å². The number of alkyl halides is 1. The van der Waals surface area contributed by atoms with Crippen molar-refractivity contribution in [1.82, 2.24) is 14.9 Å². The SMILES string of the molecule is N=C(c1ccc(Nc2ncc3c(n2)-c2ccc(CI)cc2C(c2c(F)cccc2F)=NC3)cc1)N1CCC(N)C1. The minimum absolute atomic E-state index is 0.108. The number of halogens is 3. The molecule has 1 unspecified atom stereocenters. The van der Waals surface area contributed by atoms with Gasteiger partial charge in [-0.1, -0.05) is 40.8 Å². The lowest BCUT2D eigenvalue weighted by molar-refractivity contribution is 0.507. The smallest absolute Gasteiger partial charge is 0.227 e. The van der Waals surface area contributed by atoms with Crippen LogP contribution in [-0.2, 0) is 11.0 Å². The summed E-state index contributed by atoms with van der Waals surface area (Å²) in [5.74, 6) is -0.469. The maximum Gasteiger partial charge on any atom is 0.227 e. The number of aliphatic imine (C=N–C) groups is 1. The molecule has 4 aromatic rings. The van der Waals surface area contributed by atoms with Crippen molar-refractivity contribution in [3.05, 3.63) is 106 Å². The summed E-state index contributed by atoms with van der Waals surface area (Å²) >= 11 is 2.26. The van der Waals surface area contributed by atoms with Crippen molar-refractivity contribution >= 4 is 45.8 Å². The third kappa shape index (κ3) is 5.08. The molecule has 4 N–H and O–H groups in total. The molecule has 0 radical (unpaired) electrons. The fourth-order valence-electron chi connectivity index (χ4n) is 5.09. The number of nitrogens with two attached hydrogens (primary N) is 1. The van der Waals surface area contributed by atoms with E-state index in [1.165, 1.54) is 18.2 Å². The number of amidine groups is 1. The van der Waals surface area contributed by atoms with Crippen LogP contribution in [0.2, 0.25) is 0 Å². The Balaban J connectivity index is 1.32. The molecule has 1 saturated heterocycles. The highest BCUT2D eigenvalue weighted by Crippen LogP contribution is 2.34. The van der Waals surface area contributed by atoms with E-state index >= 15 is 0 Å². The molecule has 0 saturated carbocycles. The number of benzene rings is 3. The van der Waals surface area contributed by atoms with Gasteiger partial charge in [-0.05, 0) is 54.4 Å². The summed E-state index contributed by atoms with van der Waals surface area (Å²) in [5, 5.41) is 11.8. The fourth-order valence-corrected chi connectivity index (χ4v) is 5.57. The van der Waals surface area contributed by atoms with Crippen molar-refractivity contribution < 1.29 is 8.78 Å². The van der Waals surface area contributed by atoms with Gasteiger partial charge in [0.15, 0.2) is 0 Å². The molecule has 202 valence electrons. The molecule has 1 atom stereocenters. The summed E-state index contributed by atoms with van der Waals surface area (Å²) in [6, 6.07) is 17.4. The van der Waals surface area contributed by atoms with E-state index in [0.29, 0.717) is 29.6 Å². The Morgan fingerprint density at radius 2 is 1.85 bits per heavy atom. The van der Waals surface area contributed by atoms with Crippen LogP contribution in [0, 0.1) is 17.0 Å².